The van der Waals surface area contributed by atoms with E-state index < -0.39 is 47.0 Å². The van der Waals surface area contributed by atoms with Crippen molar-refractivity contribution in [2.24, 2.45) is 0 Å². The quantitative estimate of drug-likeness (QED) is 0.176. The molecule has 6 rings (SSSR count). The second kappa shape index (κ2) is 17.9. The number of alkyl halides is 12. The zero-order valence-electron chi connectivity index (χ0n) is 24.9. The van der Waals surface area contributed by atoms with Gasteiger partial charge in [-0.15, -0.1) is 69.1 Å². The molecule has 0 unspecified atom stereocenters. The van der Waals surface area contributed by atoms with E-state index in [1.54, 1.807) is 72.8 Å². The number of halogens is 16. The molecule has 0 aromatic heterocycles. The topological polar surface area (TPSA) is 0 Å². The van der Waals surface area contributed by atoms with E-state index in [9.17, 15) is 52.7 Å². The maximum absolute atomic E-state index is 12.9. The van der Waals surface area contributed by atoms with Crippen LogP contribution in [0.15, 0.2) is 109 Å². The Balaban J connectivity index is 0.000000893. The summed E-state index contributed by atoms with van der Waals surface area (Å²) in [5, 5.41) is 3.03. The fourth-order valence-electron chi connectivity index (χ4n) is 4.88. The third-order valence-electron chi connectivity index (χ3n) is 7.08. The van der Waals surface area contributed by atoms with Gasteiger partial charge in [0.25, 0.3) is 0 Å². The first-order chi connectivity index (χ1) is 21.3. The third-order valence-corrected chi connectivity index (χ3v) is 7.08. The number of rotatable bonds is 2. The molecule has 0 bridgehead atoms. The summed E-state index contributed by atoms with van der Waals surface area (Å²) in [6, 6.07) is 23.5. The Morgan fingerprint density at radius 2 is 0.608 bits per heavy atom. The molecular weight excluding hydrogens is 869 g/mol. The number of hydrogen-bond donors (Lipinski definition) is 0. The van der Waals surface area contributed by atoms with E-state index in [1.807, 2.05) is 0 Å². The van der Waals surface area contributed by atoms with Gasteiger partial charge in [0, 0.05) is 22.3 Å². The fraction of sp³-hybridized carbons (Fsp3) is 0.118. The van der Waals surface area contributed by atoms with Gasteiger partial charge in [-0.3, -0.25) is 0 Å². The van der Waals surface area contributed by atoms with Crippen molar-refractivity contribution < 1.29 is 129 Å². The Morgan fingerprint density at radius 3 is 0.843 bits per heavy atom. The van der Waals surface area contributed by atoms with E-state index in [1.165, 1.54) is 0 Å². The molecule has 0 saturated heterocycles. The minimum absolute atomic E-state index is 0. The Hall–Kier alpha value is -2.70. The summed E-state index contributed by atoms with van der Waals surface area (Å²) in [6.07, 6.45) is -19.4. The summed E-state index contributed by atoms with van der Waals surface area (Å²) in [5.74, 6) is 0. The van der Waals surface area contributed by atoms with Crippen LogP contribution in [0, 0.1) is 0 Å². The SMILES string of the molecule is FC(F)(F)c1cc(-c2cc3ccccc3[cH-]2)cc(C(F)(F)F)c1.FC(F)(F)c1cc(-c2cc3ccccc3[cH-]2)cc(C(F)(F)F)c1.[Cl-].[Cl-].[Cl-].[Cl-].[Zr+4]. The molecule has 0 N–H and O–H groups in total. The molecule has 0 heterocycles. The molecule has 0 aliphatic carbocycles. The number of fused-ring (bicyclic) bond motifs is 2. The van der Waals surface area contributed by atoms with E-state index in [0.29, 0.717) is 11.1 Å². The van der Waals surface area contributed by atoms with E-state index in [4.69, 9.17) is 0 Å². The van der Waals surface area contributed by atoms with Crippen LogP contribution >= 0.6 is 0 Å². The maximum Gasteiger partial charge on any atom is 4.00 e. The summed E-state index contributed by atoms with van der Waals surface area (Å²) in [7, 11) is 0. The Bertz CT molecular complexity index is 1740. The van der Waals surface area contributed by atoms with Crippen LogP contribution in [0.3, 0.4) is 0 Å². The summed E-state index contributed by atoms with van der Waals surface area (Å²) < 4.78 is 155. The average molecular weight is 888 g/mol. The number of benzene rings is 4. The molecule has 0 saturated carbocycles. The van der Waals surface area contributed by atoms with Crippen molar-refractivity contribution in [3.8, 4) is 22.3 Å². The molecule has 0 spiro atoms. The zero-order valence-corrected chi connectivity index (χ0v) is 30.4. The molecule has 0 amide bonds. The second-order valence-corrected chi connectivity index (χ2v) is 10.3. The van der Waals surface area contributed by atoms with Crippen LogP contribution < -0.4 is 49.6 Å². The minimum Gasteiger partial charge on any atom is -1.00 e. The molecule has 0 nitrogen and oxygen atoms in total. The van der Waals surface area contributed by atoms with Gasteiger partial charge < -0.3 is 49.6 Å². The van der Waals surface area contributed by atoms with E-state index in [-0.39, 0.29) is 99.1 Å². The van der Waals surface area contributed by atoms with Crippen LogP contribution in [0.5, 0.6) is 0 Å². The normalized spacial score (nSPS) is 11.5. The van der Waals surface area contributed by atoms with Crippen molar-refractivity contribution in [1.29, 1.82) is 0 Å². The van der Waals surface area contributed by atoms with Crippen LogP contribution in [0.4, 0.5) is 52.7 Å². The van der Waals surface area contributed by atoms with Gasteiger partial charge in [-0.2, -0.15) is 52.7 Å². The van der Waals surface area contributed by atoms with Crippen molar-refractivity contribution in [3.63, 3.8) is 0 Å². The van der Waals surface area contributed by atoms with Gasteiger partial charge in [0.2, 0.25) is 0 Å². The van der Waals surface area contributed by atoms with Gasteiger partial charge in [-0.25, -0.2) is 0 Å². The molecule has 6 aromatic rings. The van der Waals surface area contributed by atoms with E-state index in [2.05, 4.69) is 0 Å². The summed E-state index contributed by atoms with van der Waals surface area (Å²) >= 11 is 0. The average Bonchev–Trinajstić information content (AvgIpc) is 3.60. The van der Waals surface area contributed by atoms with Gasteiger partial charge in [0.1, 0.15) is 0 Å². The summed E-state index contributed by atoms with van der Waals surface area (Å²) in [6.45, 7) is 0. The molecule has 0 fully saturated rings. The van der Waals surface area contributed by atoms with Crippen molar-refractivity contribution in [2.75, 3.05) is 0 Å². The predicted molar refractivity (Wildman–Crippen MR) is 150 cm³/mol. The predicted octanol–water partition coefficient (Wildman–Crippen LogP) is 0.540. The Morgan fingerprint density at radius 1 is 0.353 bits per heavy atom. The number of hydrogen-bond acceptors (Lipinski definition) is 0. The first kappa shape index (κ1) is 48.3. The molecule has 0 radical (unpaired) electrons. The van der Waals surface area contributed by atoms with Crippen molar-refractivity contribution in [3.05, 3.63) is 131 Å². The molecule has 0 atom stereocenters. The first-order valence-corrected chi connectivity index (χ1v) is 13.2. The molecule has 17 heteroatoms. The summed E-state index contributed by atoms with van der Waals surface area (Å²) in [4.78, 5) is 0. The van der Waals surface area contributed by atoms with Gasteiger partial charge >= 0.3 is 50.9 Å². The third kappa shape index (κ3) is 11.6. The van der Waals surface area contributed by atoms with Crippen molar-refractivity contribution in [2.45, 2.75) is 24.7 Å². The van der Waals surface area contributed by atoms with Gasteiger partial charge in [0.15, 0.2) is 0 Å². The largest absolute Gasteiger partial charge is 4.00 e. The van der Waals surface area contributed by atoms with E-state index >= 15 is 0 Å². The van der Waals surface area contributed by atoms with Crippen molar-refractivity contribution in [1.82, 2.24) is 0 Å². The standard InChI is InChI=1S/2C17H9F6.4ClH.Zr/c2*18-16(19,20)14-7-13(8-15(9-14)17(21,22)23)12-5-10-3-1-2-4-11(10)6-12;;;;;/h2*1-9H;4*1H;/q2*-1;;;;;+4/p-4. The molecular formula is C34H18Cl4F12Zr-2. The van der Waals surface area contributed by atoms with Gasteiger partial charge in [-0.1, -0.05) is 71.8 Å². The maximum atomic E-state index is 12.9. The zero-order chi connectivity index (χ0) is 33.7. The molecule has 6 aromatic carbocycles. The molecule has 51 heavy (non-hydrogen) atoms. The van der Waals surface area contributed by atoms with E-state index in [0.717, 1.165) is 45.8 Å². The van der Waals surface area contributed by atoms with Crippen LogP contribution in [-0.4, -0.2) is 0 Å². The van der Waals surface area contributed by atoms with Crippen LogP contribution in [-0.2, 0) is 50.9 Å². The van der Waals surface area contributed by atoms with Crippen molar-refractivity contribution >= 4 is 21.5 Å². The summed E-state index contributed by atoms with van der Waals surface area (Å²) in [5.41, 5.74) is -4.82. The molecule has 272 valence electrons. The smallest absolute Gasteiger partial charge is 1.00 e. The monoisotopic (exact) mass is 884 g/mol. The Kier molecular flexibility index (Phi) is 16.9. The van der Waals surface area contributed by atoms with Crippen LogP contribution in [0.2, 0.25) is 0 Å². The Labute approximate surface area is 326 Å². The minimum atomic E-state index is -4.85. The molecule has 0 aliphatic rings. The first-order valence-electron chi connectivity index (χ1n) is 13.2. The van der Waals surface area contributed by atoms with Crippen LogP contribution in [0.1, 0.15) is 22.3 Å². The fourth-order valence-corrected chi connectivity index (χ4v) is 4.88. The second-order valence-electron chi connectivity index (χ2n) is 10.3. The van der Waals surface area contributed by atoms with Crippen LogP contribution in [0.25, 0.3) is 43.8 Å². The van der Waals surface area contributed by atoms with Gasteiger partial charge in [0.05, 0.1) is 0 Å². The molecule has 0 aliphatic heterocycles. The van der Waals surface area contributed by atoms with Gasteiger partial charge in [-0.05, 0) is 12.1 Å².